The predicted octanol–water partition coefficient (Wildman–Crippen LogP) is -0.102. The van der Waals surface area contributed by atoms with Crippen molar-refractivity contribution in [2.24, 2.45) is 12.0 Å². The number of ether oxygens (including phenoxy) is 1. The van der Waals surface area contributed by atoms with Crippen LogP contribution in [0.5, 0.6) is 0 Å². The number of carbonyl (C=O) groups is 1. The minimum absolute atomic E-state index is 0.0393. The zero-order valence-electron chi connectivity index (χ0n) is 18.7. The molecular formula is C21H31N9O2. The topological polar surface area (TPSA) is 104 Å². The first kappa shape index (κ1) is 22.0. The number of nitrogens with one attached hydrogen (secondary N) is 1. The first-order valence-electron chi connectivity index (χ1n) is 11.0. The van der Waals surface area contributed by atoms with Crippen molar-refractivity contribution in [3.63, 3.8) is 0 Å². The normalized spacial score (nSPS) is 19.9. The van der Waals surface area contributed by atoms with E-state index in [1.54, 1.807) is 30.2 Å². The number of carbonyl (C=O) groups excluding carboxylic acids is 1. The molecule has 32 heavy (non-hydrogen) atoms. The third-order valence-electron chi connectivity index (χ3n) is 5.76. The number of anilines is 1. The Hall–Kier alpha value is -3.21. The Bertz CT molecular complexity index is 909. The van der Waals surface area contributed by atoms with Gasteiger partial charge in [-0.15, -0.1) is 0 Å². The Morgan fingerprint density at radius 3 is 2.66 bits per heavy atom. The monoisotopic (exact) mass is 441 g/mol. The molecule has 2 aliphatic heterocycles. The summed E-state index contributed by atoms with van der Waals surface area (Å²) in [6, 6.07) is 1.81. The van der Waals surface area contributed by atoms with Crippen molar-refractivity contribution in [2.45, 2.75) is 12.5 Å². The van der Waals surface area contributed by atoms with Crippen LogP contribution in [0.3, 0.4) is 0 Å². The molecule has 1 amide bonds. The molecule has 2 aromatic heterocycles. The van der Waals surface area contributed by atoms with E-state index in [-0.39, 0.29) is 12.0 Å². The second-order valence-electron chi connectivity index (χ2n) is 7.89. The van der Waals surface area contributed by atoms with Gasteiger partial charge in [0, 0.05) is 83.9 Å². The Morgan fingerprint density at radius 2 is 1.97 bits per heavy atom. The minimum atomic E-state index is -0.0393. The molecule has 1 atom stereocenters. The van der Waals surface area contributed by atoms with E-state index in [2.05, 4.69) is 35.2 Å². The summed E-state index contributed by atoms with van der Waals surface area (Å²) in [7, 11) is 3.67. The number of aliphatic imine (C=N–C) groups is 1. The van der Waals surface area contributed by atoms with Crippen molar-refractivity contribution < 1.29 is 9.53 Å². The van der Waals surface area contributed by atoms with Crippen LogP contribution in [0.2, 0.25) is 0 Å². The van der Waals surface area contributed by atoms with Gasteiger partial charge in [0.25, 0.3) is 0 Å². The van der Waals surface area contributed by atoms with E-state index < -0.39 is 0 Å². The fourth-order valence-corrected chi connectivity index (χ4v) is 4.03. The molecule has 0 spiro atoms. The van der Waals surface area contributed by atoms with E-state index >= 15 is 0 Å². The SMILES string of the molecule is CN=C(NCCC(=O)N1CCN(c2ncccn2)CC1)N1CCOC(c2cnn(C)c2)C1. The summed E-state index contributed by atoms with van der Waals surface area (Å²) >= 11 is 0. The van der Waals surface area contributed by atoms with Crippen molar-refractivity contribution in [1.82, 2.24) is 34.9 Å². The molecule has 2 saturated heterocycles. The Kier molecular flexibility index (Phi) is 7.15. The number of amides is 1. The van der Waals surface area contributed by atoms with Crippen LogP contribution in [0, 0.1) is 0 Å². The van der Waals surface area contributed by atoms with Crippen molar-refractivity contribution in [3.05, 3.63) is 36.4 Å². The third kappa shape index (κ3) is 5.34. The van der Waals surface area contributed by atoms with Crippen molar-refractivity contribution >= 4 is 17.8 Å². The molecule has 11 heteroatoms. The van der Waals surface area contributed by atoms with Gasteiger partial charge in [0.2, 0.25) is 11.9 Å². The Labute approximate surface area is 188 Å². The van der Waals surface area contributed by atoms with Crippen LogP contribution >= 0.6 is 0 Å². The number of hydrogen-bond acceptors (Lipinski definition) is 7. The van der Waals surface area contributed by atoms with Crippen LogP contribution in [0.15, 0.2) is 35.8 Å². The standard InChI is InChI=1S/C21H31N9O2/c1-22-20(30-12-13-32-18(16-30)17-14-26-27(2)15-17)25-7-4-19(31)28-8-10-29(11-9-28)21-23-5-3-6-24-21/h3,5-6,14-15,18H,4,7-13,16H2,1-2H3,(H,22,25). The van der Waals surface area contributed by atoms with Crippen LogP contribution in [0.4, 0.5) is 5.95 Å². The number of morpholine rings is 1. The number of nitrogens with zero attached hydrogens (tertiary/aromatic N) is 8. The van der Waals surface area contributed by atoms with Crippen LogP contribution in [-0.4, -0.2) is 101 Å². The second kappa shape index (κ2) is 10.4. The zero-order valence-corrected chi connectivity index (χ0v) is 18.7. The summed E-state index contributed by atoms with van der Waals surface area (Å²) in [6.45, 7) is 5.47. The molecule has 2 aromatic rings. The highest BCUT2D eigenvalue weighted by molar-refractivity contribution is 5.81. The number of aromatic nitrogens is 4. The first-order chi connectivity index (χ1) is 15.6. The summed E-state index contributed by atoms with van der Waals surface area (Å²) in [5.74, 6) is 1.66. The van der Waals surface area contributed by atoms with Crippen LogP contribution in [-0.2, 0) is 16.6 Å². The van der Waals surface area contributed by atoms with E-state index in [9.17, 15) is 4.79 Å². The molecular weight excluding hydrogens is 410 g/mol. The lowest BCUT2D eigenvalue weighted by atomic mass is 10.1. The molecule has 1 unspecified atom stereocenters. The largest absolute Gasteiger partial charge is 0.370 e. The summed E-state index contributed by atoms with van der Waals surface area (Å²) in [4.78, 5) is 31.9. The molecule has 2 aliphatic rings. The Morgan fingerprint density at radius 1 is 1.19 bits per heavy atom. The average Bonchev–Trinajstić information content (AvgIpc) is 3.29. The minimum Gasteiger partial charge on any atom is -0.370 e. The highest BCUT2D eigenvalue weighted by Crippen LogP contribution is 2.21. The van der Waals surface area contributed by atoms with Gasteiger partial charge in [0.1, 0.15) is 6.10 Å². The number of rotatable bonds is 5. The summed E-state index contributed by atoms with van der Waals surface area (Å²) in [5.41, 5.74) is 1.06. The fourth-order valence-electron chi connectivity index (χ4n) is 4.03. The zero-order chi connectivity index (χ0) is 22.3. The molecule has 0 radical (unpaired) electrons. The Balaban J connectivity index is 1.21. The van der Waals surface area contributed by atoms with Crippen molar-refractivity contribution in [1.29, 1.82) is 0 Å². The third-order valence-corrected chi connectivity index (χ3v) is 5.76. The summed E-state index contributed by atoms with van der Waals surface area (Å²) in [5, 5.41) is 7.58. The maximum Gasteiger partial charge on any atom is 0.225 e. The summed E-state index contributed by atoms with van der Waals surface area (Å²) < 4.78 is 7.69. The second-order valence-corrected chi connectivity index (χ2v) is 7.89. The van der Waals surface area contributed by atoms with E-state index in [0.717, 1.165) is 37.1 Å². The lowest BCUT2D eigenvalue weighted by molar-refractivity contribution is -0.131. The highest BCUT2D eigenvalue weighted by atomic mass is 16.5. The molecule has 1 N–H and O–H groups in total. The van der Waals surface area contributed by atoms with Crippen molar-refractivity contribution in [3.8, 4) is 0 Å². The molecule has 4 rings (SSSR count). The lowest BCUT2D eigenvalue weighted by Crippen LogP contribution is -2.51. The molecule has 4 heterocycles. The van der Waals surface area contributed by atoms with Gasteiger partial charge >= 0.3 is 0 Å². The van der Waals surface area contributed by atoms with Gasteiger partial charge in [-0.05, 0) is 6.07 Å². The smallest absolute Gasteiger partial charge is 0.225 e. The van der Waals surface area contributed by atoms with Gasteiger partial charge in [0.05, 0.1) is 19.3 Å². The molecule has 11 nitrogen and oxygen atoms in total. The number of hydrogen-bond donors (Lipinski definition) is 1. The fraction of sp³-hybridized carbons (Fsp3) is 0.571. The van der Waals surface area contributed by atoms with Gasteiger partial charge < -0.3 is 24.8 Å². The van der Waals surface area contributed by atoms with Crippen LogP contribution in [0.1, 0.15) is 18.1 Å². The van der Waals surface area contributed by atoms with E-state index in [1.165, 1.54) is 0 Å². The molecule has 0 aliphatic carbocycles. The van der Waals surface area contributed by atoms with Gasteiger partial charge in [-0.2, -0.15) is 5.10 Å². The maximum absolute atomic E-state index is 12.7. The molecule has 0 saturated carbocycles. The van der Waals surface area contributed by atoms with Gasteiger partial charge in [-0.3, -0.25) is 14.5 Å². The number of aryl methyl sites for hydroxylation is 1. The van der Waals surface area contributed by atoms with E-state index in [1.807, 2.05) is 24.3 Å². The summed E-state index contributed by atoms with van der Waals surface area (Å²) in [6.07, 6.45) is 7.69. The molecule has 0 bridgehead atoms. The van der Waals surface area contributed by atoms with Gasteiger partial charge in [-0.25, -0.2) is 9.97 Å². The molecule has 172 valence electrons. The first-order valence-corrected chi connectivity index (χ1v) is 11.0. The number of guanidine groups is 1. The van der Waals surface area contributed by atoms with Crippen LogP contribution < -0.4 is 10.2 Å². The average molecular weight is 442 g/mol. The maximum atomic E-state index is 12.7. The predicted molar refractivity (Wildman–Crippen MR) is 120 cm³/mol. The number of piperazine rings is 1. The lowest BCUT2D eigenvalue weighted by Gasteiger charge is -2.35. The van der Waals surface area contributed by atoms with E-state index in [0.29, 0.717) is 39.2 Å². The molecule has 2 fully saturated rings. The van der Waals surface area contributed by atoms with Crippen molar-refractivity contribution in [2.75, 3.05) is 64.4 Å². The van der Waals surface area contributed by atoms with Gasteiger partial charge in [0.15, 0.2) is 5.96 Å². The van der Waals surface area contributed by atoms with Crippen LogP contribution in [0.25, 0.3) is 0 Å². The quantitative estimate of drug-likeness (QED) is 0.507. The molecule has 0 aromatic carbocycles. The van der Waals surface area contributed by atoms with E-state index in [4.69, 9.17) is 4.74 Å². The van der Waals surface area contributed by atoms with Gasteiger partial charge in [-0.1, -0.05) is 0 Å². The highest BCUT2D eigenvalue weighted by Gasteiger charge is 2.26.